The topological polar surface area (TPSA) is 44.8 Å². The molecule has 1 aliphatic rings. The van der Waals surface area contributed by atoms with Crippen LogP contribution in [-0.2, 0) is 18.1 Å². The van der Waals surface area contributed by atoms with E-state index in [1.165, 1.54) is 0 Å². The van der Waals surface area contributed by atoms with E-state index in [0.717, 1.165) is 5.56 Å². The van der Waals surface area contributed by atoms with Crippen molar-refractivity contribution in [3.8, 4) is 0 Å². The summed E-state index contributed by atoms with van der Waals surface area (Å²) in [6.45, 7) is 4.15. The summed E-state index contributed by atoms with van der Waals surface area (Å²) in [6, 6.07) is 10.0. The van der Waals surface area contributed by atoms with Crippen molar-refractivity contribution in [3.05, 3.63) is 48.0 Å². The monoisotopic (exact) mass is 296 g/mol. The molecule has 0 unspecified atom stereocenters. The molecule has 1 aromatic rings. The normalized spacial score (nSPS) is 22.3. The summed E-state index contributed by atoms with van der Waals surface area (Å²) < 4.78 is 28.5. The molecule has 1 aromatic carbocycles. The first kappa shape index (κ1) is 15.5. The second-order valence-corrected chi connectivity index (χ2v) is 6.15. The van der Waals surface area contributed by atoms with Crippen LogP contribution < -0.4 is 0 Å². The van der Waals surface area contributed by atoms with Crippen molar-refractivity contribution >= 4 is 7.82 Å². The van der Waals surface area contributed by atoms with Gasteiger partial charge in [-0.15, -0.1) is 0 Å². The summed E-state index contributed by atoms with van der Waals surface area (Å²) in [5, 5.41) is 0. The number of rotatable bonds is 7. The quantitative estimate of drug-likeness (QED) is 0.556. The number of hydrogen-bond donors (Lipinski definition) is 0. The van der Waals surface area contributed by atoms with Crippen LogP contribution in [0.15, 0.2) is 42.5 Å². The van der Waals surface area contributed by atoms with E-state index >= 15 is 0 Å². The van der Waals surface area contributed by atoms with Crippen LogP contribution in [0.2, 0.25) is 0 Å². The van der Waals surface area contributed by atoms with Gasteiger partial charge >= 0.3 is 7.82 Å². The van der Waals surface area contributed by atoms with E-state index in [9.17, 15) is 4.57 Å². The zero-order valence-electron chi connectivity index (χ0n) is 11.9. The Balaban J connectivity index is 2.10. The van der Waals surface area contributed by atoms with Gasteiger partial charge in [0.15, 0.2) is 0 Å². The van der Waals surface area contributed by atoms with E-state index in [0.29, 0.717) is 19.6 Å². The minimum absolute atomic E-state index is 0.0884. The molecule has 0 spiro atoms. The van der Waals surface area contributed by atoms with E-state index in [4.69, 9.17) is 13.6 Å². The SMILES string of the molecule is CCOP(=O)(OCC)O[C@H]1CC=C[C@@H]1c1ccccc1. The van der Waals surface area contributed by atoms with Crippen LogP contribution in [0.5, 0.6) is 0 Å². The Hall–Kier alpha value is -0.930. The first-order chi connectivity index (χ1) is 9.68. The number of hydrogen-bond acceptors (Lipinski definition) is 4. The van der Waals surface area contributed by atoms with Gasteiger partial charge in [-0.1, -0.05) is 42.5 Å². The summed E-state index contributed by atoms with van der Waals surface area (Å²) in [5.74, 6) is 0.0884. The summed E-state index contributed by atoms with van der Waals surface area (Å²) >= 11 is 0. The zero-order valence-corrected chi connectivity index (χ0v) is 12.8. The Morgan fingerprint density at radius 2 is 1.80 bits per heavy atom. The van der Waals surface area contributed by atoms with Crippen LogP contribution in [-0.4, -0.2) is 19.3 Å². The van der Waals surface area contributed by atoms with E-state index in [1.54, 1.807) is 13.8 Å². The molecule has 0 fully saturated rings. The fraction of sp³-hybridized carbons (Fsp3) is 0.467. The van der Waals surface area contributed by atoms with Crippen LogP contribution in [0.3, 0.4) is 0 Å². The highest BCUT2D eigenvalue weighted by molar-refractivity contribution is 7.48. The molecule has 0 radical (unpaired) electrons. The van der Waals surface area contributed by atoms with Crippen molar-refractivity contribution in [3.63, 3.8) is 0 Å². The molecule has 0 saturated carbocycles. The predicted octanol–water partition coefficient (Wildman–Crippen LogP) is 4.30. The molecule has 4 nitrogen and oxygen atoms in total. The van der Waals surface area contributed by atoms with Gasteiger partial charge in [-0.2, -0.15) is 0 Å². The maximum atomic E-state index is 12.5. The third-order valence-corrected chi connectivity index (χ3v) is 4.81. The largest absolute Gasteiger partial charge is 0.475 e. The lowest BCUT2D eigenvalue weighted by Gasteiger charge is -2.24. The third kappa shape index (κ3) is 3.80. The molecular weight excluding hydrogens is 275 g/mol. The average Bonchev–Trinajstić information content (AvgIpc) is 2.88. The highest BCUT2D eigenvalue weighted by Crippen LogP contribution is 2.53. The number of benzene rings is 1. The molecule has 0 bridgehead atoms. The van der Waals surface area contributed by atoms with Crippen molar-refractivity contribution in [1.82, 2.24) is 0 Å². The zero-order chi connectivity index (χ0) is 14.4. The predicted molar refractivity (Wildman–Crippen MR) is 78.7 cm³/mol. The van der Waals surface area contributed by atoms with Gasteiger partial charge in [0.05, 0.1) is 19.3 Å². The van der Waals surface area contributed by atoms with E-state index < -0.39 is 7.82 Å². The first-order valence-corrected chi connectivity index (χ1v) is 8.43. The summed E-state index contributed by atoms with van der Waals surface area (Å²) in [6.07, 6.45) is 4.64. The van der Waals surface area contributed by atoms with Gasteiger partial charge < -0.3 is 0 Å². The lowest BCUT2D eigenvalue weighted by Crippen LogP contribution is -2.17. The molecule has 1 aliphatic carbocycles. The Bertz CT molecular complexity index is 476. The van der Waals surface area contributed by atoms with E-state index in [1.807, 2.05) is 36.4 Å². The van der Waals surface area contributed by atoms with Gasteiger partial charge in [-0.05, 0) is 25.8 Å². The second-order valence-electron chi connectivity index (χ2n) is 4.53. The molecule has 0 amide bonds. The van der Waals surface area contributed by atoms with Crippen LogP contribution in [0.1, 0.15) is 31.7 Å². The van der Waals surface area contributed by atoms with Crippen LogP contribution in [0, 0.1) is 0 Å². The fourth-order valence-electron chi connectivity index (χ4n) is 2.32. The lowest BCUT2D eigenvalue weighted by molar-refractivity contribution is 0.0821. The molecule has 0 saturated heterocycles. The second kappa shape index (κ2) is 7.19. The van der Waals surface area contributed by atoms with E-state index in [-0.39, 0.29) is 12.0 Å². The highest BCUT2D eigenvalue weighted by atomic mass is 31.2. The molecule has 0 aromatic heterocycles. The van der Waals surface area contributed by atoms with Gasteiger partial charge in [-0.3, -0.25) is 13.6 Å². The van der Waals surface area contributed by atoms with Crippen molar-refractivity contribution < 1.29 is 18.1 Å². The minimum Gasteiger partial charge on any atom is -0.287 e. The van der Waals surface area contributed by atoms with Crippen LogP contribution >= 0.6 is 7.82 Å². The molecule has 0 N–H and O–H groups in total. The van der Waals surface area contributed by atoms with Crippen molar-refractivity contribution in [2.75, 3.05) is 13.2 Å². The first-order valence-electron chi connectivity index (χ1n) is 6.97. The Kier molecular flexibility index (Phi) is 5.55. The minimum atomic E-state index is -3.47. The molecule has 2 atom stereocenters. The molecule has 110 valence electrons. The van der Waals surface area contributed by atoms with Gasteiger partial charge in [-0.25, -0.2) is 4.57 Å². The summed E-state index contributed by atoms with van der Waals surface area (Å²) in [5.41, 5.74) is 1.14. The summed E-state index contributed by atoms with van der Waals surface area (Å²) in [4.78, 5) is 0. The Labute approximate surface area is 120 Å². The standard InChI is InChI=1S/C15H21O4P/c1-3-17-20(16,18-4-2)19-15-12-8-11-14(15)13-9-6-5-7-10-13/h5-11,14-15H,3-4,12H2,1-2H3/t14-,15+/m1/s1. The van der Waals surface area contributed by atoms with Crippen molar-refractivity contribution in [2.24, 2.45) is 0 Å². The molecule has 5 heteroatoms. The average molecular weight is 296 g/mol. The van der Waals surface area contributed by atoms with Gasteiger partial charge in [0.1, 0.15) is 0 Å². The highest BCUT2D eigenvalue weighted by Gasteiger charge is 2.35. The maximum Gasteiger partial charge on any atom is 0.475 e. The molecule has 0 heterocycles. The van der Waals surface area contributed by atoms with Gasteiger partial charge in [0.2, 0.25) is 0 Å². The van der Waals surface area contributed by atoms with E-state index in [2.05, 4.69) is 6.08 Å². The summed E-state index contributed by atoms with van der Waals surface area (Å²) in [7, 11) is -3.47. The molecule has 2 rings (SSSR count). The van der Waals surface area contributed by atoms with Crippen molar-refractivity contribution in [1.29, 1.82) is 0 Å². The van der Waals surface area contributed by atoms with Gasteiger partial charge in [0, 0.05) is 5.92 Å². The number of phosphoric ester groups is 1. The van der Waals surface area contributed by atoms with Crippen LogP contribution in [0.25, 0.3) is 0 Å². The number of phosphoric acid groups is 1. The van der Waals surface area contributed by atoms with Crippen molar-refractivity contribution in [2.45, 2.75) is 32.3 Å². The maximum absolute atomic E-state index is 12.5. The smallest absolute Gasteiger partial charge is 0.287 e. The van der Waals surface area contributed by atoms with Gasteiger partial charge in [0.25, 0.3) is 0 Å². The Morgan fingerprint density at radius 3 is 2.40 bits per heavy atom. The fourth-order valence-corrected chi connectivity index (χ4v) is 3.70. The molecule has 20 heavy (non-hydrogen) atoms. The lowest BCUT2D eigenvalue weighted by atomic mass is 9.97. The Morgan fingerprint density at radius 1 is 1.15 bits per heavy atom. The third-order valence-electron chi connectivity index (χ3n) is 3.14. The molecule has 0 aliphatic heterocycles. The molecular formula is C15H21O4P. The van der Waals surface area contributed by atoms with Crippen LogP contribution in [0.4, 0.5) is 0 Å².